The first kappa shape index (κ1) is 79.3. The first-order chi connectivity index (χ1) is 48.3. The number of aliphatic imine (C=N–C) groups is 1. The van der Waals surface area contributed by atoms with Gasteiger partial charge in [-0.2, -0.15) is 11.8 Å². The Morgan fingerprint density at radius 3 is 2.05 bits per heavy atom. The topological polar surface area (TPSA) is 352 Å². The molecule has 27 nitrogen and oxygen atoms in total. The number of ether oxygens (including phenoxy) is 8. The average molecular weight is 1410 g/mol. The molecule has 6 amide bonds. The zero-order valence-electron chi connectivity index (χ0n) is 58.1. The van der Waals surface area contributed by atoms with Crippen LogP contribution >= 0.6 is 11.8 Å². The Bertz CT molecular complexity index is 3530. The van der Waals surface area contributed by atoms with E-state index in [1.165, 1.54) is 17.0 Å². The van der Waals surface area contributed by atoms with Crippen molar-refractivity contribution in [2.75, 3.05) is 171 Å². The number of carboxylic acids is 1. The highest BCUT2D eigenvalue weighted by atomic mass is 32.2. The summed E-state index contributed by atoms with van der Waals surface area (Å²) in [4.78, 5) is 97.4. The Morgan fingerprint density at radius 1 is 0.720 bits per heavy atom. The van der Waals surface area contributed by atoms with Crippen molar-refractivity contribution in [2.24, 2.45) is 10.4 Å². The summed E-state index contributed by atoms with van der Waals surface area (Å²) in [6.45, 7) is 9.62. The van der Waals surface area contributed by atoms with Gasteiger partial charge in [0, 0.05) is 129 Å². The minimum absolute atomic E-state index is 0.00628. The van der Waals surface area contributed by atoms with Gasteiger partial charge in [-0.15, -0.1) is 6.42 Å². The van der Waals surface area contributed by atoms with Crippen molar-refractivity contribution in [1.82, 2.24) is 36.1 Å². The van der Waals surface area contributed by atoms with Gasteiger partial charge in [-0.05, 0) is 60.6 Å². The summed E-state index contributed by atoms with van der Waals surface area (Å²) in [5, 5.41) is 38.1. The molecule has 5 aliphatic rings. The molecule has 2 aliphatic carbocycles. The third-order valence-electron chi connectivity index (χ3n) is 16.8. The zero-order valence-corrected chi connectivity index (χ0v) is 58.9. The summed E-state index contributed by atoms with van der Waals surface area (Å²) in [5.74, 6) is 1.05. The summed E-state index contributed by atoms with van der Waals surface area (Å²) in [6, 6.07) is 15.5. The molecule has 100 heavy (non-hydrogen) atoms. The number of fused-ring (bicyclic) bond motifs is 3. The van der Waals surface area contributed by atoms with Gasteiger partial charge < -0.3 is 89.7 Å². The van der Waals surface area contributed by atoms with Crippen molar-refractivity contribution < 1.29 is 86.1 Å². The number of aliphatic hydroxyl groups excluding tert-OH is 1. The molecule has 28 heteroatoms. The van der Waals surface area contributed by atoms with Crippen LogP contribution in [0.3, 0.4) is 0 Å². The quantitative estimate of drug-likeness (QED) is 0.00548. The molecule has 0 radical (unpaired) electrons. The van der Waals surface area contributed by atoms with Crippen LogP contribution in [0.1, 0.15) is 98.8 Å². The predicted molar refractivity (Wildman–Crippen MR) is 379 cm³/mol. The number of carbonyl (C=O) groups is 7. The number of carbonyl (C=O) groups excluding carboxylic acids is 6. The van der Waals surface area contributed by atoms with Gasteiger partial charge in [0.15, 0.2) is 5.78 Å². The molecule has 2 aromatic rings. The van der Waals surface area contributed by atoms with E-state index in [-0.39, 0.29) is 162 Å². The van der Waals surface area contributed by atoms with E-state index < -0.39 is 17.3 Å². The first-order valence-corrected chi connectivity index (χ1v) is 35.3. The maximum atomic E-state index is 13.9. The summed E-state index contributed by atoms with van der Waals surface area (Å²) in [7, 11) is 3.80. The van der Waals surface area contributed by atoms with Gasteiger partial charge in [-0.3, -0.25) is 29.0 Å². The predicted octanol–water partition coefficient (Wildman–Crippen LogP) is 5.00. The number of nitrogens with two attached hydrogens (primary N) is 1. The second kappa shape index (κ2) is 42.3. The van der Waals surface area contributed by atoms with Gasteiger partial charge in [-0.25, -0.2) is 14.2 Å². The summed E-state index contributed by atoms with van der Waals surface area (Å²) in [5.41, 5.74) is 8.82. The Kier molecular flexibility index (Phi) is 33.6. The number of carboxylic acid groups (broad SMARTS) is 1. The van der Waals surface area contributed by atoms with Crippen LogP contribution in [0, 0.1) is 17.8 Å². The van der Waals surface area contributed by atoms with Gasteiger partial charge in [-0.1, -0.05) is 32.3 Å². The maximum absolute atomic E-state index is 13.9. The number of thioether (sulfide) groups is 1. The van der Waals surface area contributed by atoms with Crippen LogP contribution in [0.2, 0.25) is 0 Å². The number of hydrogen-bond donors (Lipinski definition) is 8. The van der Waals surface area contributed by atoms with Gasteiger partial charge in [0.2, 0.25) is 23.1 Å². The van der Waals surface area contributed by atoms with Crippen molar-refractivity contribution in [3.63, 3.8) is 0 Å². The third kappa shape index (κ3) is 26.2. The normalized spacial score (nSPS) is 16.5. The molecule has 3 atom stereocenters. The van der Waals surface area contributed by atoms with Crippen LogP contribution in [-0.4, -0.2) is 244 Å². The highest BCUT2D eigenvalue weighted by Gasteiger charge is 2.42. The molecule has 0 spiro atoms. The van der Waals surface area contributed by atoms with Crippen molar-refractivity contribution in [2.45, 2.75) is 95.4 Å². The number of aromatic carboxylic acids is 1. The lowest BCUT2D eigenvalue weighted by molar-refractivity contribution is -0.132. The number of ketones is 1. The number of benzene rings is 3. The Balaban J connectivity index is 0.823. The van der Waals surface area contributed by atoms with Crippen LogP contribution < -0.4 is 42.3 Å². The number of terminal acetylenes is 1. The number of nitrogens with one attached hydrogen (secondary N) is 5. The summed E-state index contributed by atoms with van der Waals surface area (Å²) >= 11 is 1.87. The van der Waals surface area contributed by atoms with Crippen molar-refractivity contribution in [3.05, 3.63) is 82.4 Å². The van der Waals surface area contributed by atoms with E-state index in [0.717, 1.165) is 30.4 Å². The molecule has 0 bridgehead atoms. The molecular weight excluding hydrogens is 1310 g/mol. The largest absolute Gasteiger partial charge is 0.511 e. The standard InChI is InChI=1S/C72H99N9O18S/c1-6-27-91-31-35-95-39-42-98-38-34-94-30-26-81(65(86)18-23-77-69(87)49-12-15-52(55(43-49)70(88)89)66-53-16-13-50(73)44-60(53)99-61-45-51(80(4)5)14-17-54(61)66)25-19-64(85)75-22-9-21-74-56(67-58(82)46-72(2,3)47-59(67)83)20-28-92-32-36-96-40-41-97-37-33-93-29-24-76-63(84)11-8-7-10-62-68-57(48-100-62)78-71(90)79-68/h1,12-17,43-45,57,62,68,73H,7-11,18-42,46-48H2,2-5H3,(H7,74,75,76,77,78,79,82,83,84,85,87,88,89,90)/p+1/t57-,62-,68-/m0/s1. The van der Waals surface area contributed by atoms with Gasteiger partial charge >= 0.3 is 12.0 Å². The molecule has 3 aliphatic heterocycles. The van der Waals surface area contributed by atoms with Gasteiger partial charge in [0.25, 0.3) is 5.91 Å². The minimum atomic E-state index is -1.26. The maximum Gasteiger partial charge on any atom is 0.336 e. The SMILES string of the molecule is C#CCOCCOCCOCCOCCN(CCC(=O)NCCCN=C(CCOCCOCCOCCOCCNC(=O)CCCC[C@@H]1SC[C@@H]2NC(=O)N[C@@H]21)C1=C(O)CC(C)(C)CC1=O)C(=O)CCNC(=O)c1ccc(-c2c3ccc(=[N+](C)C)cc-3oc3cc(N)ccc23)c(C(=O)O)c1. The highest BCUT2D eigenvalue weighted by Crippen LogP contribution is 2.42. The number of amides is 6. The number of allylic oxidation sites excluding steroid dienone is 2. The van der Waals surface area contributed by atoms with Crippen LogP contribution in [0.5, 0.6) is 0 Å². The molecule has 0 saturated carbocycles. The Labute approximate surface area is 588 Å². The number of nitrogens with zero attached hydrogens (tertiary/aromatic N) is 3. The van der Waals surface area contributed by atoms with Crippen LogP contribution in [-0.2, 0) is 57.1 Å². The lowest BCUT2D eigenvalue weighted by Gasteiger charge is -2.30. The number of nitrogen functional groups attached to an aromatic ring is 1. The number of rotatable bonds is 47. The van der Waals surface area contributed by atoms with E-state index in [1.54, 1.807) is 24.3 Å². The fourth-order valence-corrected chi connectivity index (χ4v) is 13.3. The summed E-state index contributed by atoms with van der Waals surface area (Å²) < 4.78 is 52.9. The smallest absolute Gasteiger partial charge is 0.336 e. The Morgan fingerprint density at radius 2 is 1.37 bits per heavy atom. The molecule has 2 fully saturated rings. The molecular formula is C72H100N9O18S+. The van der Waals surface area contributed by atoms with Crippen molar-refractivity contribution in [1.29, 1.82) is 0 Å². The van der Waals surface area contributed by atoms with Crippen LogP contribution in [0.15, 0.2) is 75.3 Å². The molecule has 2 aromatic carbocycles. The molecule has 7 rings (SSSR count). The van der Waals surface area contributed by atoms with E-state index >= 15 is 0 Å². The number of Topliss-reactive ketones (excluding diaryl/α,β-unsaturated/α-hetero) is 1. The van der Waals surface area contributed by atoms with Crippen molar-refractivity contribution >= 4 is 75.5 Å². The molecule has 0 unspecified atom stereocenters. The molecule has 2 saturated heterocycles. The van der Waals surface area contributed by atoms with Crippen LogP contribution in [0.4, 0.5) is 10.5 Å². The average Bonchev–Trinajstić information content (AvgIpc) is 1.08. The number of aliphatic hydroxyl groups is 1. The molecule has 546 valence electrons. The van der Waals surface area contributed by atoms with Crippen molar-refractivity contribution in [3.8, 4) is 34.8 Å². The van der Waals surface area contributed by atoms with Gasteiger partial charge in [0.1, 0.15) is 37.8 Å². The lowest BCUT2D eigenvalue weighted by Crippen LogP contribution is -2.39. The van der Waals surface area contributed by atoms with E-state index in [1.807, 2.05) is 62.5 Å². The lowest BCUT2D eigenvalue weighted by atomic mass is 9.75. The number of hydrogen-bond acceptors (Lipinski definition) is 20. The zero-order chi connectivity index (χ0) is 71.7. The van der Waals surface area contributed by atoms with E-state index in [2.05, 4.69) is 32.5 Å². The highest BCUT2D eigenvalue weighted by molar-refractivity contribution is 8.00. The molecule has 9 N–H and O–H groups in total. The number of anilines is 1. The second-order valence-corrected chi connectivity index (χ2v) is 26.6. The Hall–Kier alpha value is -7.98. The van der Waals surface area contributed by atoms with E-state index in [0.29, 0.717) is 142 Å². The molecule has 3 heterocycles. The third-order valence-corrected chi connectivity index (χ3v) is 18.3. The van der Waals surface area contributed by atoms with E-state index in [9.17, 15) is 43.8 Å². The minimum Gasteiger partial charge on any atom is -0.511 e. The van der Waals surface area contributed by atoms with E-state index in [4.69, 9.17) is 59.5 Å². The number of unbranched alkanes of at least 4 members (excludes halogenated alkanes) is 1. The monoisotopic (exact) mass is 1410 g/mol. The fraction of sp³-hybridized carbons (Fsp3) is 0.569. The second-order valence-electron chi connectivity index (χ2n) is 25.3. The fourth-order valence-electron chi connectivity index (χ4n) is 11.7. The summed E-state index contributed by atoms with van der Waals surface area (Å²) in [6.07, 6.45) is 9.35. The molecule has 0 aromatic heterocycles. The van der Waals surface area contributed by atoms with Crippen LogP contribution in [0.25, 0.3) is 33.4 Å². The number of urea groups is 1. The first-order valence-electron chi connectivity index (χ1n) is 34.3. The van der Waals surface area contributed by atoms with Gasteiger partial charge in [0.05, 0.1) is 134 Å².